The summed E-state index contributed by atoms with van der Waals surface area (Å²) in [7, 11) is 0. The molecule has 21 heavy (non-hydrogen) atoms. The Labute approximate surface area is 122 Å². The molecule has 0 saturated carbocycles. The monoisotopic (exact) mass is 290 g/mol. The lowest BCUT2D eigenvalue weighted by molar-refractivity contribution is -0.138. The summed E-state index contributed by atoms with van der Waals surface area (Å²) >= 11 is 0. The lowest BCUT2D eigenvalue weighted by Crippen LogP contribution is -2.31. The standard InChI is InChI=1S/C15H18N2O4/c1-3-13(18)16-9-12(15(20)21)10-5-7-11(8-6-10)17-14(19)4-2/h4-8,12H,2-3,9H2,1H3,(H,16,18)(H,17,19)(H,20,21). The summed E-state index contributed by atoms with van der Waals surface area (Å²) in [5, 5.41) is 14.4. The van der Waals surface area contributed by atoms with Gasteiger partial charge in [-0.1, -0.05) is 25.6 Å². The van der Waals surface area contributed by atoms with Crippen molar-refractivity contribution in [1.29, 1.82) is 0 Å². The molecule has 0 heterocycles. The molecule has 0 spiro atoms. The summed E-state index contributed by atoms with van der Waals surface area (Å²) in [5.74, 6) is -2.39. The normalized spacial score (nSPS) is 11.3. The van der Waals surface area contributed by atoms with E-state index < -0.39 is 11.9 Å². The van der Waals surface area contributed by atoms with Crippen LogP contribution in [0.15, 0.2) is 36.9 Å². The highest BCUT2D eigenvalue weighted by atomic mass is 16.4. The first-order valence-corrected chi connectivity index (χ1v) is 6.50. The quantitative estimate of drug-likeness (QED) is 0.663. The Morgan fingerprint density at radius 2 is 1.90 bits per heavy atom. The van der Waals surface area contributed by atoms with E-state index in [-0.39, 0.29) is 18.4 Å². The van der Waals surface area contributed by atoms with E-state index in [1.807, 2.05) is 0 Å². The molecule has 0 saturated heterocycles. The zero-order chi connectivity index (χ0) is 15.8. The summed E-state index contributed by atoms with van der Waals surface area (Å²) in [5.41, 5.74) is 1.10. The highest BCUT2D eigenvalue weighted by Gasteiger charge is 2.20. The number of anilines is 1. The van der Waals surface area contributed by atoms with Crippen molar-refractivity contribution in [2.75, 3.05) is 11.9 Å². The van der Waals surface area contributed by atoms with Gasteiger partial charge >= 0.3 is 5.97 Å². The fourth-order valence-corrected chi connectivity index (χ4v) is 1.68. The van der Waals surface area contributed by atoms with Crippen LogP contribution in [-0.2, 0) is 14.4 Å². The maximum absolute atomic E-state index is 11.3. The molecule has 1 unspecified atom stereocenters. The zero-order valence-electron chi connectivity index (χ0n) is 11.8. The molecule has 112 valence electrons. The van der Waals surface area contributed by atoms with Gasteiger partial charge in [0.1, 0.15) is 0 Å². The SMILES string of the molecule is C=CC(=O)Nc1ccc(C(CNC(=O)CC)C(=O)O)cc1. The number of amides is 2. The van der Waals surface area contributed by atoms with Gasteiger partial charge < -0.3 is 15.7 Å². The number of carbonyl (C=O) groups is 3. The molecule has 6 nitrogen and oxygen atoms in total. The van der Waals surface area contributed by atoms with E-state index in [0.717, 1.165) is 6.08 Å². The molecular weight excluding hydrogens is 272 g/mol. The number of nitrogens with one attached hydrogen (secondary N) is 2. The molecule has 1 rings (SSSR count). The first-order chi connectivity index (χ1) is 9.97. The molecule has 3 N–H and O–H groups in total. The molecule has 1 aromatic carbocycles. The maximum atomic E-state index is 11.3. The molecule has 1 atom stereocenters. The third kappa shape index (κ3) is 5.10. The Bertz CT molecular complexity index is 537. The molecule has 1 aromatic rings. The van der Waals surface area contributed by atoms with Crippen LogP contribution in [0, 0.1) is 0 Å². The Morgan fingerprint density at radius 3 is 2.38 bits per heavy atom. The lowest BCUT2D eigenvalue weighted by atomic mass is 9.99. The van der Waals surface area contributed by atoms with Gasteiger partial charge in [-0.25, -0.2) is 0 Å². The number of hydrogen-bond acceptors (Lipinski definition) is 3. The maximum Gasteiger partial charge on any atom is 0.312 e. The Balaban J connectivity index is 2.79. The van der Waals surface area contributed by atoms with E-state index in [4.69, 9.17) is 0 Å². The van der Waals surface area contributed by atoms with Gasteiger partial charge in [-0.15, -0.1) is 0 Å². The summed E-state index contributed by atoms with van der Waals surface area (Å²) in [6.45, 7) is 5.07. The minimum absolute atomic E-state index is 0.0281. The van der Waals surface area contributed by atoms with Crippen molar-refractivity contribution in [1.82, 2.24) is 5.32 Å². The van der Waals surface area contributed by atoms with Crippen LogP contribution in [0.4, 0.5) is 5.69 Å². The van der Waals surface area contributed by atoms with Crippen LogP contribution >= 0.6 is 0 Å². The Hall–Kier alpha value is -2.63. The molecule has 0 fully saturated rings. The average Bonchev–Trinajstić information content (AvgIpc) is 2.48. The number of carboxylic acids is 1. The van der Waals surface area contributed by atoms with Gasteiger partial charge in [0.05, 0.1) is 5.92 Å². The van der Waals surface area contributed by atoms with E-state index in [9.17, 15) is 19.5 Å². The molecule has 0 aromatic heterocycles. The highest BCUT2D eigenvalue weighted by Crippen LogP contribution is 2.18. The third-order valence-electron chi connectivity index (χ3n) is 2.89. The van der Waals surface area contributed by atoms with E-state index in [0.29, 0.717) is 17.7 Å². The minimum Gasteiger partial charge on any atom is -0.481 e. The van der Waals surface area contributed by atoms with Crippen molar-refractivity contribution < 1.29 is 19.5 Å². The Morgan fingerprint density at radius 1 is 1.29 bits per heavy atom. The van der Waals surface area contributed by atoms with Crippen molar-refractivity contribution >= 4 is 23.5 Å². The van der Waals surface area contributed by atoms with Gasteiger partial charge in [-0.2, -0.15) is 0 Å². The van der Waals surface area contributed by atoms with E-state index in [1.165, 1.54) is 0 Å². The number of aliphatic carboxylic acids is 1. The number of carbonyl (C=O) groups excluding carboxylic acids is 2. The molecule has 0 aliphatic carbocycles. The van der Waals surface area contributed by atoms with Gasteiger partial charge in [0.2, 0.25) is 11.8 Å². The van der Waals surface area contributed by atoms with Crippen LogP contribution in [0.5, 0.6) is 0 Å². The molecule has 0 bridgehead atoms. The first kappa shape index (κ1) is 16.4. The average molecular weight is 290 g/mol. The predicted octanol–water partition coefficient (Wildman–Crippen LogP) is 1.51. The van der Waals surface area contributed by atoms with E-state index >= 15 is 0 Å². The van der Waals surface area contributed by atoms with Crippen molar-refractivity contribution in [2.45, 2.75) is 19.3 Å². The molecule has 2 amide bonds. The van der Waals surface area contributed by atoms with Crippen LogP contribution in [0.1, 0.15) is 24.8 Å². The van der Waals surface area contributed by atoms with Crippen LogP contribution in [0.2, 0.25) is 0 Å². The first-order valence-electron chi connectivity index (χ1n) is 6.50. The number of rotatable bonds is 7. The van der Waals surface area contributed by atoms with Gasteiger partial charge in [0.15, 0.2) is 0 Å². The number of hydrogen-bond donors (Lipinski definition) is 3. The van der Waals surface area contributed by atoms with Crippen LogP contribution in [0.3, 0.4) is 0 Å². The van der Waals surface area contributed by atoms with Crippen LogP contribution < -0.4 is 10.6 Å². The molecule has 6 heteroatoms. The van der Waals surface area contributed by atoms with Gasteiger partial charge in [0.25, 0.3) is 0 Å². The number of benzene rings is 1. The Kier molecular flexibility index (Phi) is 6.13. The smallest absolute Gasteiger partial charge is 0.312 e. The largest absolute Gasteiger partial charge is 0.481 e. The molecule has 0 aliphatic heterocycles. The molecule has 0 aliphatic rings. The predicted molar refractivity (Wildman–Crippen MR) is 78.9 cm³/mol. The third-order valence-corrected chi connectivity index (χ3v) is 2.89. The van der Waals surface area contributed by atoms with Crippen LogP contribution in [-0.4, -0.2) is 29.4 Å². The van der Waals surface area contributed by atoms with Gasteiger partial charge in [0, 0.05) is 18.7 Å². The second kappa shape index (κ2) is 7.84. The minimum atomic E-state index is -1.02. The van der Waals surface area contributed by atoms with E-state index in [2.05, 4.69) is 17.2 Å². The zero-order valence-corrected chi connectivity index (χ0v) is 11.8. The number of carboxylic acid groups (broad SMARTS) is 1. The second-order valence-electron chi connectivity index (χ2n) is 4.36. The van der Waals surface area contributed by atoms with Crippen molar-refractivity contribution in [2.24, 2.45) is 0 Å². The fraction of sp³-hybridized carbons (Fsp3) is 0.267. The lowest BCUT2D eigenvalue weighted by Gasteiger charge is -2.14. The van der Waals surface area contributed by atoms with Gasteiger partial charge in [-0.05, 0) is 23.8 Å². The topological polar surface area (TPSA) is 95.5 Å². The summed E-state index contributed by atoms with van der Waals surface area (Å²) in [4.78, 5) is 33.6. The molecule has 0 radical (unpaired) electrons. The van der Waals surface area contributed by atoms with Crippen LogP contribution in [0.25, 0.3) is 0 Å². The van der Waals surface area contributed by atoms with E-state index in [1.54, 1.807) is 31.2 Å². The van der Waals surface area contributed by atoms with Gasteiger partial charge in [-0.3, -0.25) is 14.4 Å². The summed E-state index contributed by atoms with van der Waals surface area (Å²) < 4.78 is 0. The summed E-state index contributed by atoms with van der Waals surface area (Å²) in [6, 6.07) is 6.42. The van der Waals surface area contributed by atoms with Crippen molar-refractivity contribution in [3.05, 3.63) is 42.5 Å². The fourth-order valence-electron chi connectivity index (χ4n) is 1.68. The highest BCUT2D eigenvalue weighted by molar-refractivity contribution is 5.98. The van der Waals surface area contributed by atoms with Crippen molar-refractivity contribution in [3.63, 3.8) is 0 Å². The van der Waals surface area contributed by atoms with Crippen molar-refractivity contribution in [3.8, 4) is 0 Å². The molecular formula is C15H18N2O4. The second-order valence-corrected chi connectivity index (χ2v) is 4.36. The summed E-state index contributed by atoms with van der Waals surface area (Å²) in [6.07, 6.45) is 1.45.